The van der Waals surface area contributed by atoms with Crippen molar-refractivity contribution in [3.63, 3.8) is 0 Å². The zero-order valence-electron chi connectivity index (χ0n) is 13.0. The van der Waals surface area contributed by atoms with E-state index >= 15 is 0 Å². The molecule has 2 nitrogen and oxygen atoms in total. The number of ether oxygens (including phenoxy) is 2. The molecule has 0 radical (unpaired) electrons. The van der Waals surface area contributed by atoms with E-state index in [0.29, 0.717) is 12.0 Å². The van der Waals surface area contributed by atoms with Crippen molar-refractivity contribution in [3.05, 3.63) is 35.9 Å². The molecule has 122 valence electrons. The Labute approximate surface area is 131 Å². The Morgan fingerprint density at radius 2 is 1.82 bits per heavy atom. The van der Waals surface area contributed by atoms with E-state index < -0.39 is 6.61 Å². The molecule has 1 fully saturated rings. The molecule has 0 amide bonds. The Morgan fingerprint density at radius 1 is 1.14 bits per heavy atom. The lowest BCUT2D eigenvalue weighted by Crippen LogP contribution is -2.21. The minimum Gasteiger partial charge on any atom is -0.435 e. The molecule has 22 heavy (non-hydrogen) atoms. The van der Waals surface area contributed by atoms with Crippen LogP contribution in [0.2, 0.25) is 0 Å². The second kappa shape index (κ2) is 8.89. The van der Waals surface area contributed by atoms with Gasteiger partial charge in [0.05, 0.1) is 6.10 Å². The van der Waals surface area contributed by atoms with Gasteiger partial charge in [0, 0.05) is 6.61 Å². The summed E-state index contributed by atoms with van der Waals surface area (Å²) in [4.78, 5) is 0. The third kappa shape index (κ3) is 5.76. The summed E-state index contributed by atoms with van der Waals surface area (Å²) in [5.74, 6) is 0.777. The summed E-state index contributed by atoms with van der Waals surface area (Å²) in [7, 11) is 0. The van der Waals surface area contributed by atoms with Gasteiger partial charge in [0.25, 0.3) is 0 Å². The summed E-state index contributed by atoms with van der Waals surface area (Å²) < 4.78 is 34.3. The van der Waals surface area contributed by atoms with E-state index in [1.54, 1.807) is 24.3 Å². The second-order valence-electron chi connectivity index (χ2n) is 5.71. The maximum atomic E-state index is 12.1. The van der Waals surface area contributed by atoms with Gasteiger partial charge >= 0.3 is 6.61 Å². The lowest BCUT2D eigenvalue weighted by molar-refractivity contribution is -0.0498. The minimum absolute atomic E-state index is 0.195. The van der Waals surface area contributed by atoms with E-state index in [9.17, 15) is 8.78 Å². The summed E-state index contributed by atoms with van der Waals surface area (Å²) in [5.41, 5.74) is 1.01. The molecule has 1 aromatic carbocycles. The Bertz CT molecular complexity index is 449. The Hall–Kier alpha value is -1.42. The van der Waals surface area contributed by atoms with E-state index in [1.165, 1.54) is 0 Å². The average molecular weight is 310 g/mol. The maximum Gasteiger partial charge on any atom is 0.387 e. The van der Waals surface area contributed by atoms with Crippen LogP contribution in [0.5, 0.6) is 5.75 Å². The highest BCUT2D eigenvalue weighted by atomic mass is 19.3. The number of benzene rings is 1. The average Bonchev–Trinajstić information content (AvgIpc) is 2.53. The number of hydrogen-bond acceptors (Lipinski definition) is 2. The van der Waals surface area contributed by atoms with Crippen LogP contribution >= 0.6 is 0 Å². The normalized spacial score (nSPS) is 22.4. The van der Waals surface area contributed by atoms with E-state index in [1.807, 2.05) is 0 Å². The molecule has 1 saturated carbocycles. The highest BCUT2D eigenvalue weighted by molar-refractivity contribution is 5.50. The van der Waals surface area contributed by atoms with Gasteiger partial charge in [-0.05, 0) is 55.7 Å². The first-order valence-electron chi connectivity index (χ1n) is 8.02. The third-order valence-electron chi connectivity index (χ3n) is 3.94. The molecule has 1 aromatic rings. The number of alkyl halides is 2. The smallest absolute Gasteiger partial charge is 0.387 e. The predicted molar refractivity (Wildman–Crippen MR) is 84.1 cm³/mol. The third-order valence-corrected chi connectivity index (χ3v) is 3.94. The fraction of sp³-hybridized carbons (Fsp3) is 0.556. The summed E-state index contributed by atoms with van der Waals surface area (Å²) >= 11 is 0. The molecule has 0 heterocycles. The van der Waals surface area contributed by atoms with Gasteiger partial charge in [-0.1, -0.05) is 31.2 Å². The quantitative estimate of drug-likeness (QED) is 0.681. The SMILES string of the molecule is CCCO[C@H]1CC[C@H](C=Cc2ccc(OC(F)F)cc2)CC1. The van der Waals surface area contributed by atoms with Gasteiger partial charge in [-0.3, -0.25) is 0 Å². The molecule has 0 atom stereocenters. The summed E-state index contributed by atoms with van der Waals surface area (Å²) in [6.07, 6.45) is 10.3. The molecule has 0 N–H and O–H groups in total. The number of halogens is 2. The van der Waals surface area contributed by atoms with Crippen LogP contribution < -0.4 is 4.74 Å². The molecule has 2 rings (SSSR count). The van der Waals surface area contributed by atoms with E-state index in [4.69, 9.17) is 4.74 Å². The summed E-state index contributed by atoms with van der Waals surface area (Å²) in [6.45, 7) is 0.219. The molecular formula is C18H24F2O2. The van der Waals surface area contributed by atoms with Crippen LogP contribution in [0, 0.1) is 5.92 Å². The van der Waals surface area contributed by atoms with Crippen LogP contribution in [0.15, 0.2) is 30.3 Å². The van der Waals surface area contributed by atoms with Gasteiger partial charge in [-0.25, -0.2) is 0 Å². The molecule has 0 saturated heterocycles. The molecule has 4 heteroatoms. The minimum atomic E-state index is -2.77. The van der Waals surface area contributed by atoms with Gasteiger partial charge in [0.1, 0.15) is 5.75 Å². The molecule has 0 aliphatic heterocycles. The van der Waals surface area contributed by atoms with Crippen molar-refractivity contribution in [2.75, 3.05) is 6.61 Å². The zero-order chi connectivity index (χ0) is 15.8. The lowest BCUT2D eigenvalue weighted by Gasteiger charge is -2.26. The van der Waals surface area contributed by atoms with Crippen LogP contribution in [0.1, 0.15) is 44.6 Å². The van der Waals surface area contributed by atoms with Gasteiger partial charge in [0.15, 0.2) is 0 Å². The Kier molecular flexibility index (Phi) is 6.84. The van der Waals surface area contributed by atoms with Crippen LogP contribution in [0.4, 0.5) is 8.78 Å². The topological polar surface area (TPSA) is 18.5 Å². The zero-order valence-corrected chi connectivity index (χ0v) is 13.0. The van der Waals surface area contributed by atoms with Crippen molar-refractivity contribution in [2.45, 2.75) is 51.7 Å². The summed E-state index contributed by atoms with van der Waals surface area (Å²) in [6, 6.07) is 6.73. The molecule has 0 unspecified atom stereocenters. The first-order chi connectivity index (χ1) is 10.7. The van der Waals surface area contributed by atoms with Crippen molar-refractivity contribution in [1.29, 1.82) is 0 Å². The van der Waals surface area contributed by atoms with Gasteiger partial charge in [0.2, 0.25) is 0 Å². The van der Waals surface area contributed by atoms with Crippen LogP contribution in [0.25, 0.3) is 6.08 Å². The lowest BCUT2D eigenvalue weighted by atomic mass is 9.87. The maximum absolute atomic E-state index is 12.1. The predicted octanol–water partition coefficient (Wildman–Crippen LogP) is 5.29. The Balaban J connectivity index is 1.78. The monoisotopic (exact) mass is 310 g/mol. The largest absolute Gasteiger partial charge is 0.435 e. The van der Waals surface area contributed by atoms with Crippen molar-refractivity contribution in [1.82, 2.24) is 0 Å². The molecule has 1 aliphatic rings. The molecular weight excluding hydrogens is 286 g/mol. The number of hydrogen-bond donors (Lipinski definition) is 0. The van der Waals surface area contributed by atoms with E-state index in [2.05, 4.69) is 23.8 Å². The second-order valence-corrected chi connectivity index (χ2v) is 5.71. The summed E-state index contributed by atoms with van der Waals surface area (Å²) in [5, 5.41) is 0. The number of rotatable bonds is 7. The van der Waals surface area contributed by atoms with E-state index in [-0.39, 0.29) is 5.75 Å². The van der Waals surface area contributed by atoms with Gasteiger partial charge in [-0.2, -0.15) is 8.78 Å². The van der Waals surface area contributed by atoms with Crippen LogP contribution in [-0.2, 0) is 4.74 Å². The molecule has 1 aliphatic carbocycles. The molecule has 0 bridgehead atoms. The highest BCUT2D eigenvalue weighted by Gasteiger charge is 2.19. The van der Waals surface area contributed by atoms with Crippen molar-refractivity contribution < 1.29 is 18.3 Å². The first kappa shape index (κ1) is 16.9. The number of allylic oxidation sites excluding steroid dienone is 1. The van der Waals surface area contributed by atoms with Crippen molar-refractivity contribution in [2.24, 2.45) is 5.92 Å². The first-order valence-corrected chi connectivity index (χ1v) is 8.02. The van der Waals surface area contributed by atoms with Gasteiger partial charge in [-0.15, -0.1) is 0 Å². The van der Waals surface area contributed by atoms with Crippen molar-refractivity contribution in [3.8, 4) is 5.75 Å². The Morgan fingerprint density at radius 3 is 2.41 bits per heavy atom. The van der Waals surface area contributed by atoms with Crippen molar-refractivity contribution >= 4 is 6.08 Å². The van der Waals surface area contributed by atoms with Crippen LogP contribution in [0.3, 0.4) is 0 Å². The van der Waals surface area contributed by atoms with Gasteiger partial charge < -0.3 is 9.47 Å². The fourth-order valence-corrected chi connectivity index (χ4v) is 2.74. The molecule has 0 spiro atoms. The molecule has 0 aromatic heterocycles. The standard InChI is InChI=1S/C18H24F2O2/c1-2-13-21-16-9-5-14(6-10-16)3-4-15-7-11-17(12-8-15)22-18(19)20/h3-4,7-8,11-12,14,16,18H,2,5-6,9-10,13H2,1H3/t14-,16-. The highest BCUT2D eigenvalue weighted by Crippen LogP contribution is 2.28. The fourth-order valence-electron chi connectivity index (χ4n) is 2.74. The van der Waals surface area contributed by atoms with E-state index in [0.717, 1.165) is 44.3 Å². The van der Waals surface area contributed by atoms with Crippen LogP contribution in [-0.4, -0.2) is 19.3 Å².